The van der Waals surface area contributed by atoms with E-state index in [9.17, 15) is 22.8 Å². The van der Waals surface area contributed by atoms with Gasteiger partial charge >= 0.3 is 18.2 Å². The van der Waals surface area contributed by atoms with Crippen molar-refractivity contribution < 1.29 is 37.0 Å². The summed E-state index contributed by atoms with van der Waals surface area (Å²) in [5.41, 5.74) is 3.14. The summed E-state index contributed by atoms with van der Waals surface area (Å²) in [6.45, 7) is 3.51. The smallest absolute Gasteiger partial charge is 0.416 e. The maximum absolute atomic E-state index is 13.6. The molecule has 0 aromatic heterocycles. The highest BCUT2D eigenvalue weighted by Gasteiger charge is 2.37. The molecule has 0 radical (unpaired) electrons. The van der Waals surface area contributed by atoms with Gasteiger partial charge in [0.25, 0.3) is 0 Å². The van der Waals surface area contributed by atoms with Crippen LogP contribution in [0.1, 0.15) is 40.1 Å². The van der Waals surface area contributed by atoms with Crippen molar-refractivity contribution in [2.45, 2.75) is 32.2 Å². The van der Waals surface area contributed by atoms with E-state index in [2.05, 4.69) is 5.32 Å². The zero-order valence-electron chi connectivity index (χ0n) is 20.0. The third-order valence-electron chi connectivity index (χ3n) is 6.17. The molecule has 3 aromatic rings. The molecule has 2 unspecified atom stereocenters. The van der Waals surface area contributed by atoms with Crippen LogP contribution in [0.3, 0.4) is 0 Å². The number of ether oxygens (including phenoxy) is 3. The molecule has 6 nitrogen and oxygen atoms in total. The number of hydrogen-bond donors (Lipinski definition) is 1. The molecule has 1 amide bonds. The van der Waals surface area contributed by atoms with Crippen molar-refractivity contribution in [1.29, 1.82) is 0 Å². The molecule has 3 aromatic carbocycles. The fourth-order valence-electron chi connectivity index (χ4n) is 4.38. The highest BCUT2D eigenvalue weighted by molar-refractivity contribution is 5.91. The Morgan fingerprint density at radius 2 is 1.69 bits per heavy atom. The number of hydrogen-bond acceptors (Lipinski definition) is 5. The van der Waals surface area contributed by atoms with Gasteiger partial charge in [-0.15, -0.1) is 0 Å². The second-order valence-corrected chi connectivity index (χ2v) is 8.50. The van der Waals surface area contributed by atoms with Crippen LogP contribution in [0.2, 0.25) is 0 Å². The molecule has 9 heteroatoms. The summed E-state index contributed by atoms with van der Waals surface area (Å²) in [5.74, 6) is -0.0168. The van der Waals surface area contributed by atoms with E-state index in [-0.39, 0.29) is 5.56 Å². The molecular formula is C27H24F3NO5. The van der Waals surface area contributed by atoms with Gasteiger partial charge in [-0.3, -0.25) is 0 Å². The Kier molecular flexibility index (Phi) is 6.67. The van der Waals surface area contributed by atoms with E-state index in [0.29, 0.717) is 22.4 Å². The second kappa shape index (κ2) is 9.56. The fraction of sp³-hybridized carbons (Fsp3) is 0.259. The first-order chi connectivity index (χ1) is 17.0. The SMILES string of the molecule is COC(=O)c1ccc(-c2ccc(OC)c(-c3ccc(C(F)(F)F)cc3C3OC(=O)NC3C)c2)c(C)c1. The molecule has 1 saturated heterocycles. The number of esters is 1. The third-order valence-corrected chi connectivity index (χ3v) is 6.17. The third kappa shape index (κ3) is 4.73. The van der Waals surface area contributed by atoms with Gasteiger partial charge in [-0.1, -0.05) is 18.2 Å². The molecule has 1 aliphatic rings. The Labute approximate surface area is 206 Å². The number of nitrogens with one attached hydrogen (secondary N) is 1. The van der Waals surface area contributed by atoms with Crippen LogP contribution in [0, 0.1) is 6.92 Å². The van der Waals surface area contributed by atoms with Crippen LogP contribution in [0.25, 0.3) is 22.3 Å². The van der Waals surface area contributed by atoms with Gasteiger partial charge in [0.1, 0.15) is 11.9 Å². The predicted molar refractivity (Wildman–Crippen MR) is 127 cm³/mol. The molecule has 188 valence electrons. The number of halogens is 3. The van der Waals surface area contributed by atoms with Crippen molar-refractivity contribution in [2.75, 3.05) is 14.2 Å². The number of benzene rings is 3. The molecule has 0 bridgehead atoms. The standard InChI is InChI=1S/C27H24F3NO5/c1-14-11-17(25(32)35-4)5-8-19(14)16-6-10-23(34-3)21(12-16)20-9-7-18(27(28,29)30)13-22(20)24-15(2)31-26(33)36-24/h5-13,15,24H,1-4H3,(H,31,33). The molecule has 4 rings (SSSR count). The van der Waals surface area contributed by atoms with E-state index in [1.165, 1.54) is 20.3 Å². The van der Waals surface area contributed by atoms with Crippen LogP contribution < -0.4 is 10.1 Å². The van der Waals surface area contributed by atoms with Gasteiger partial charge in [-0.2, -0.15) is 13.2 Å². The molecule has 36 heavy (non-hydrogen) atoms. The first-order valence-corrected chi connectivity index (χ1v) is 11.1. The minimum atomic E-state index is -4.57. The normalized spacial score (nSPS) is 17.4. The molecule has 1 heterocycles. The summed E-state index contributed by atoms with van der Waals surface area (Å²) < 4.78 is 56.4. The minimum absolute atomic E-state index is 0.212. The number of methoxy groups -OCH3 is 2. The monoisotopic (exact) mass is 499 g/mol. The van der Waals surface area contributed by atoms with Crippen LogP contribution in [-0.4, -0.2) is 32.3 Å². The number of carbonyl (C=O) groups is 2. The lowest BCUT2D eigenvalue weighted by molar-refractivity contribution is -0.137. The molecule has 0 saturated carbocycles. The van der Waals surface area contributed by atoms with Gasteiger partial charge in [0.2, 0.25) is 0 Å². The van der Waals surface area contributed by atoms with Crippen molar-refractivity contribution in [1.82, 2.24) is 5.32 Å². The van der Waals surface area contributed by atoms with Crippen LogP contribution >= 0.6 is 0 Å². The Morgan fingerprint density at radius 1 is 0.972 bits per heavy atom. The quantitative estimate of drug-likeness (QED) is 0.417. The number of carbonyl (C=O) groups excluding carboxylic acids is 2. The van der Waals surface area contributed by atoms with Gasteiger partial charge in [0, 0.05) is 11.1 Å². The number of cyclic esters (lactones) is 1. The maximum atomic E-state index is 13.6. The minimum Gasteiger partial charge on any atom is -0.496 e. The van der Waals surface area contributed by atoms with Crippen molar-refractivity contribution in [3.05, 3.63) is 76.9 Å². The largest absolute Gasteiger partial charge is 0.496 e. The topological polar surface area (TPSA) is 73.9 Å². The summed E-state index contributed by atoms with van der Waals surface area (Å²) in [6.07, 6.45) is -6.20. The molecule has 1 fully saturated rings. The molecular weight excluding hydrogens is 475 g/mol. The Hall–Kier alpha value is -4.01. The van der Waals surface area contributed by atoms with Crippen LogP contribution in [0.15, 0.2) is 54.6 Å². The van der Waals surface area contributed by atoms with E-state index < -0.39 is 35.9 Å². The molecule has 1 N–H and O–H groups in total. The Bertz CT molecular complexity index is 1340. The first kappa shape index (κ1) is 25.1. The van der Waals surface area contributed by atoms with E-state index in [0.717, 1.165) is 28.8 Å². The lowest BCUT2D eigenvalue weighted by Crippen LogP contribution is -2.24. The number of alkyl halides is 3. The Morgan fingerprint density at radius 3 is 2.28 bits per heavy atom. The molecule has 2 atom stereocenters. The van der Waals surface area contributed by atoms with Gasteiger partial charge in [-0.25, -0.2) is 9.59 Å². The van der Waals surface area contributed by atoms with Crippen molar-refractivity contribution in [3.63, 3.8) is 0 Å². The van der Waals surface area contributed by atoms with Gasteiger partial charge in [0.15, 0.2) is 0 Å². The van der Waals surface area contributed by atoms with Crippen LogP contribution in [-0.2, 0) is 15.7 Å². The molecule has 1 aliphatic heterocycles. The van der Waals surface area contributed by atoms with Gasteiger partial charge < -0.3 is 19.5 Å². The van der Waals surface area contributed by atoms with E-state index >= 15 is 0 Å². The first-order valence-electron chi connectivity index (χ1n) is 11.1. The number of rotatable bonds is 5. The van der Waals surface area contributed by atoms with E-state index in [4.69, 9.17) is 14.2 Å². The summed E-state index contributed by atoms with van der Waals surface area (Å²) in [7, 11) is 2.78. The van der Waals surface area contributed by atoms with Crippen LogP contribution in [0.4, 0.5) is 18.0 Å². The lowest BCUT2D eigenvalue weighted by Gasteiger charge is -2.21. The predicted octanol–water partition coefficient (Wildman–Crippen LogP) is 6.31. The highest BCUT2D eigenvalue weighted by atomic mass is 19.4. The van der Waals surface area contributed by atoms with Gasteiger partial charge in [-0.05, 0) is 72.5 Å². The second-order valence-electron chi connectivity index (χ2n) is 8.50. The molecule has 0 spiro atoms. The lowest BCUT2D eigenvalue weighted by atomic mass is 9.89. The van der Waals surface area contributed by atoms with Crippen molar-refractivity contribution in [3.8, 4) is 28.0 Å². The maximum Gasteiger partial charge on any atom is 0.416 e. The zero-order valence-corrected chi connectivity index (χ0v) is 20.0. The Balaban J connectivity index is 1.89. The zero-order chi connectivity index (χ0) is 26.2. The average Bonchev–Trinajstić information content (AvgIpc) is 3.19. The summed E-state index contributed by atoms with van der Waals surface area (Å²) >= 11 is 0. The van der Waals surface area contributed by atoms with E-state index in [1.54, 1.807) is 37.3 Å². The van der Waals surface area contributed by atoms with Crippen molar-refractivity contribution >= 4 is 12.1 Å². The number of amides is 1. The molecule has 0 aliphatic carbocycles. The van der Waals surface area contributed by atoms with Crippen molar-refractivity contribution in [2.24, 2.45) is 0 Å². The number of aryl methyl sites for hydroxylation is 1. The summed E-state index contributed by atoms with van der Waals surface area (Å²) in [6, 6.07) is 13.3. The van der Waals surface area contributed by atoms with Gasteiger partial charge in [0.05, 0.1) is 31.4 Å². The van der Waals surface area contributed by atoms with Crippen LogP contribution in [0.5, 0.6) is 5.75 Å². The fourth-order valence-corrected chi connectivity index (χ4v) is 4.38. The summed E-state index contributed by atoms with van der Waals surface area (Å²) in [5, 5.41) is 2.58. The summed E-state index contributed by atoms with van der Waals surface area (Å²) in [4.78, 5) is 23.7. The average molecular weight is 499 g/mol. The number of alkyl carbamates (subject to hydrolysis) is 1. The highest BCUT2D eigenvalue weighted by Crippen LogP contribution is 2.43. The van der Waals surface area contributed by atoms with E-state index in [1.807, 2.05) is 13.0 Å².